The van der Waals surface area contributed by atoms with Crippen LogP contribution in [0.15, 0.2) is 24.7 Å². The summed E-state index contributed by atoms with van der Waals surface area (Å²) in [6.07, 6.45) is 7.30. The minimum Gasteiger partial charge on any atom is -0.393 e. The van der Waals surface area contributed by atoms with Gasteiger partial charge in [0.2, 0.25) is 0 Å². The number of pyridine rings is 1. The van der Waals surface area contributed by atoms with Crippen molar-refractivity contribution in [2.45, 2.75) is 44.4 Å². The zero-order valence-corrected chi connectivity index (χ0v) is 14.0. The molecule has 1 N–H and O–H groups in total. The van der Waals surface area contributed by atoms with E-state index in [9.17, 15) is 13.9 Å². The number of aliphatic hydroxyl groups excluding tert-OH is 1. The molecule has 0 aromatic carbocycles. The lowest BCUT2D eigenvalue weighted by Gasteiger charge is -2.35. The minimum absolute atomic E-state index is 0.237. The van der Waals surface area contributed by atoms with Gasteiger partial charge < -0.3 is 10.0 Å². The summed E-state index contributed by atoms with van der Waals surface area (Å²) < 4.78 is 26.2. The molecule has 2 aromatic heterocycles. The van der Waals surface area contributed by atoms with Crippen molar-refractivity contribution in [3.8, 4) is 11.1 Å². The van der Waals surface area contributed by atoms with E-state index >= 15 is 0 Å². The first kappa shape index (κ1) is 17.1. The Morgan fingerprint density at radius 1 is 1.29 bits per heavy atom. The summed E-state index contributed by atoms with van der Waals surface area (Å²) >= 11 is 6.05. The standard InChI is InChI=1S/C16H19ClF2N4O/c1-22(11-2-4-12(24)5-3-11)14-6-15(17)20-8-13(14)10-7-21-23(9-10)16(18)19/h6-9,11-12,16,24H,2-5H2,1H3. The zero-order chi connectivity index (χ0) is 17.3. The molecule has 5 nitrogen and oxygen atoms in total. The zero-order valence-electron chi connectivity index (χ0n) is 13.2. The fourth-order valence-corrected chi connectivity index (χ4v) is 3.31. The van der Waals surface area contributed by atoms with Gasteiger partial charge in [-0.15, -0.1) is 0 Å². The summed E-state index contributed by atoms with van der Waals surface area (Å²) in [6.45, 7) is -2.68. The molecule has 0 aliphatic heterocycles. The van der Waals surface area contributed by atoms with Crippen LogP contribution in [0, 0.1) is 0 Å². The highest BCUT2D eigenvalue weighted by Crippen LogP contribution is 2.35. The Bertz CT molecular complexity index is 701. The van der Waals surface area contributed by atoms with E-state index in [1.165, 1.54) is 12.4 Å². The van der Waals surface area contributed by atoms with Crippen LogP contribution in [0.5, 0.6) is 0 Å². The van der Waals surface area contributed by atoms with Gasteiger partial charge in [0, 0.05) is 42.3 Å². The van der Waals surface area contributed by atoms with Crippen LogP contribution < -0.4 is 4.90 Å². The van der Waals surface area contributed by atoms with Crippen molar-refractivity contribution < 1.29 is 13.9 Å². The number of aliphatic hydroxyl groups is 1. The van der Waals surface area contributed by atoms with Crippen molar-refractivity contribution in [1.82, 2.24) is 14.8 Å². The first-order valence-electron chi connectivity index (χ1n) is 7.85. The Labute approximate surface area is 143 Å². The second kappa shape index (κ2) is 7.03. The monoisotopic (exact) mass is 356 g/mol. The van der Waals surface area contributed by atoms with Gasteiger partial charge in [-0.3, -0.25) is 0 Å². The van der Waals surface area contributed by atoms with Crippen LogP contribution in [-0.4, -0.2) is 39.1 Å². The normalized spacial score (nSPS) is 21.2. The van der Waals surface area contributed by atoms with Crippen molar-refractivity contribution in [3.05, 3.63) is 29.8 Å². The summed E-state index contributed by atoms with van der Waals surface area (Å²) in [5, 5.41) is 13.7. The number of hydrogen-bond donors (Lipinski definition) is 1. The third-order valence-corrected chi connectivity index (χ3v) is 4.76. The lowest BCUT2D eigenvalue weighted by molar-refractivity contribution is 0.0566. The molecule has 2 aromatic rings. The van der Waals surface area contributed by atoms with Crippen LogP contribution in [0.25, 0.3) is 11.1 Å². The molecule has 1 aliphatic rings. The summed E-state index contributed by atoms with van der Waals surface area (Å²) in [5.74, 6) is 0. The first-order valence-corrected chi connectivity index (χ1v) is 8.22. The lowest BCUT2D eigenvalue weighted by Crippen LogP contribution is -2.36. The predicted molar refractivity (Wildman–Crippen MR) is 88.4 cm³/mol. The van der Waals surface area contributed by atoms with E-state index in [4.69, 9.17) is 11.6 Å². The molecule has 1 fully saturated rings. The van der Waals surface area contributed by atoms with E-state index < -0.39 is 6.55 Å². The lowest BCUT2D eigenvalue weighted by atomic mass is 9.91. The van der Waals surface area contributed by atoms with Crippen molar-refractivity contribution in [3.63, 3.8) is 0 Å². The summed E-state index contributed by atoms with van der Waals surface area (Å²) in [7, 11) is 1.95. The fourth-order valence-electron chi connectivity index (χ4n) is 3.16. The van der Waals surface area contributed by atoms with E-state index in [0.717, 1.165) is 31.4 Å². The maximum Gasteiger partial charge on any atom is 0.333 e. The van der Waals surface area contributed by atoms with Gasteiger partial charge in [0.15, 0.2) is 0 Å². The molecule has 0 bridgehead atoms. The topological polar surface area (TPSA) is 54.2 Å². The van der Waals surface area contributed by atoms with Crippen molar-refractivity contribution in [1.29, 1.82) is 0 Å². The molecule has 1 aliphatic carbocycles. The van der Waals surface area contributed by atoms with Crippen molar-refractivity contribution in [2.24, 2.45) is 0 Å². The number of hydrogen-bond acceptors (Lipinski definition) is 4. The Kier molecular flexibility index (Phi) is 5.01. The quantitative estimate of drug-likeness (QED) is 0.848. The molecule has 2 heterocycles. The minimum atomic E-state index is -2.68. The average molecular weight is 357 g/mol. The third kappa shape index (κ3) is 3.52. The molecule has 0 unspecified atom stereocenters. The number of anilines is 1. The van der Waals surface area contributed by atoms with E-state index in [1.807, 2.05) is 7.05 Å². The molecule has 0 amide bonds. The smallest absolute Gasteiger partial charge is 0.333 e. The Hall–Kier alpha value is -1.73. The van der Waals surface area contributed by atoms with Gasteiger partial charge in [0.05, 0.1) is 12.3 Å². The van der Waals surface area contributed by atoms with Gasteiger partial charge in [0.25, 0.3) is 0 Å². The highest BCUT2D eigenvalue weighted by molar-refractivity contribution is 6.29. The van der Waals surface area contributed by atoms with Crippen LogP contribution in [0.1, 0.15) is 32.2 Å². The fraction of sp³-hybridized carbons (Fsp3) is 0.500. The van der Waals surface area contributed by atoms with Gasteiger partial charge in [-0.2, -0.15) is 13.9 Å². The van der Waals surface area contributed by atoms with Gasteiger partial charge in [0.1, 0.15) is 5.15 Å². The Morgan fingerprint density at radius 3 is 2.62 bits per heavy atom. The summed E-state index contributed by atoms with van der Waals surface area (Å²) in [4.78, 5) is 6.18. The molecule has 0 spiro atoms. The largest absolute Gasteiger partial charge is 0.393 e. The van der Waals surface area contributed by atoms with Gasteiger partial charge >= 0.3 is 6.55 Å². The molecule has 8 heteroatoms. The van der Waals surface area contributed by atoms with E-state index in [1.54, 1.807) is 12.3 Å². The number of alkyl halides is 2. The average Bonchev–Trinajstić information content (AvgIpc) is 3.05. The number of rotatable bonds is 4. The van der Waals surface area contributed by atoms with Crippen LogP contribution in [0.4, 0.5) is 14.5 Å². The molecule has 0 saturated heterocycles. The summed E-state index contributed by atoms with van der Waals surface area (Å²) in [6, 6.07) is 2.00. The van der Waals surface area contributed by atoms with E-state index in [0.29, 0.717) is 21.0 Å². The highest BCUT2D eigenvalue weighted by Gasteiger charge is 2.25. The summed E-state index contributed by atoms with van der Waals surface area (Å²) in [5.41, 5.74) is 2.10. The van der Waals surface area contributed by atoms with Crippen molar-refractivity contribution in [2.75, 3.05) is 11.9 Å². The number of nitrogens with zero attached hydrogens (tertiary/aromatic N) is 4. The van der Waals surface area contributed by atoms with Gasteiger partial charge in [-0.05, 0) is 31.7 Å². The van der Waals surface area contributed by atoms with Gasteiger partial charge in [-0.1, -0.05) is 11.6 Å². The molecule has 3 rings (SSSR count). The molecular formula is C16H19ClF2N4O. The van der Waals surface area contributed by atoms with Crippen LogP contribution >= 0.6 is 11.6 Å². The third-order valence-electron chi connectivity index (χ3n) is 4.56. The molecule has 0 atom stereocenters. The second-order valence-corrected chi connectivity index (χ2v) is 6.47. The molecule has 0 radical (unpaired) electrons. The van der Waals surface area contributed by atoms with Crippen molar-refractivity contribution >= 4 is 17.3 Å². The maximum absolute atomic E-state index is 12.8. The van der Waals surface area contributed by atoms with Crippen LogP contribution in [-0.2, 0) is 0 Å². The highest BCUT2D eigenvalue weighted by atomic mass is 35.5. The van der Waals surface area contributed by atoms with Gasteiger partial charge in [-0.25, -0.2) is 9.67 Å². The van der Waals surface area contributed by atoms with Crippen LogP contribution in [0.3, 0.4) is 0 Å². The number of halogens is 3. The van der Waals surface area contributed by atoms with E-state index in [2.05, 4.69) is 15.0 Å². The second-order valence-electron chi connectivity index (χ2n) is 6.08. The molecule has 1 saturated carbocycles. The van der Waals surface area contributed by atoms with E-state index in [-0.39, 0.29) is 12.1 Å². The Morgan fingerprint density at radius 2 is 2.00 bits per heavy atom. The SMILES string of the molecule is CN(c1cc(Cl)ncc1-c1cnn(C(F)F)c1)C1CCC(O)CC1. The molecule has 24 heavy (non-hydrogen) atoms. The predicted octanol–water partition coefficient (Wildman–Crippen LogP) is 3.73. The number of aromatic nitrogens is 3. The Balaban J connectivity index is 1.93. The van der Waals surface area contributed by atoms with Crippen LogP contribution in [0.2, 0.25) is 5.15 Å². The maximum atomic E-state index is 12.8. The first-order chi connectivity index (χ1) is 11.5. The molecule has 130 valence electrons. The molecular weight excluding hydrogens is 338 g/mol.